The number of nitrogens with one attached hydrogen (secondary N) is 1. The van der Waals surface area contributed by atoms with Crippen molar-refractivity contribution in [1.29, 1.82) is 0 Å². The van der Waals surface area contributed by atoms with E-state index in [-0.39, 0.29) is 37.4 Å². The highest BCUT2D eigenvalue weighted by Crippen LogP contribution is 2.44. The lowest BCUT2D eigenvalue weighted by atomic mass is 10.0. The molecule has 0 fully saturated rings. The van der Waals surface area contributed by atoms with E-state index in [0.29, 0.717) is 47.3 Å². The molecular formula is C34H47NO9Si. The summed E-state index contributed by atoms with van der Waals surface area (Å²) in [6, 6.07) is 19.9. The molecule has 1 atom stereocenters. The average Bonchev–Trinajstić information content (AvgIpc) is 3.01. The predicted molar refractivity (Wildman–Crippen MR) is 175 cm³/mol. The molecule has 1 unspecified atom stereocenters. The van der Waals surface area contributed by atoms with Crippen molar-refractivity contribution in [3.63, 3.8) is 0 Å². The number of methoxy groups -OCH3 is 3. The third kappa shape index (κ3) is 10.8. The van der Waals surface area contributed by atoms with Crippen molar-refractivity contribution in [2.24, 2.45) is 0 Å². The third-order valence-electron chi connectivity index (χ3n) is 7.46. The number of carbonyl (C=O) groups excluding carboxylic acids is 1. The second-order valence-electron chi connectivity index (χ2n) is 11.8. The summed E-state index contributed by atoms with van der Waals surface area (Å²) >= 11 is 0. The first-order valence-electron chi connectivity index (χ1n) is 14.8. The van der Waals surface area contributed by atoms with Crippen LogP contribution in [-0.2, 0) is 18.6 Å². The Bertz CT molecular complexity index is 1320. The summed E-state index contributed by atoms with van der Waals surface area (Å²) in [6.45, 7) is 11.6. The molecular weight excluding hydrogens is 594 g/mol. The molecule has 0 aromatic heterocycles. The standard InChI is InChI=1S/C34H47NO9Si/c1-34(2,3)45(7,8)44-30(29-10-9-11-31(41-23-38-5)32(29)42-24-39-6)20-21-35-33(36)25-12-14-27(15-13-25)43-28-18-16-26(17-19-28)40-22-37-4/h9-19,30H,20-24H2,1-8H3,(H,35,36). The largest absolute Gasteiger partial charge is 0.468 e. The van der Waals surface area contributed by atoms with Crippen LogP contribution in [0.4, 0.5) is 0 Å². The van der Waals surface area contributed by atoms with Crippen LogP contribution >= 0.6 is 0 Å². The van der Waals surface area contributed by atoms with E-state index in [1.54, 1.807) is 69.9 Å². The van der Waals surface area contributed by atoms with Crippen molar-refractivity contribution >= 4 is 14.2 Å². The molecule has 1 amide bonds. The normalized spacial score (nSPS) is 12.4. The van der Waals surface area contributed by atoms with Crippen LogP contribution in [0, 0.1) is 0 Å². The van der Waals surface area contributed by atoms with Gasteiger partial charge in [-0.2, -0.15) is 0 Å². The molecule has 0 bridgehead atoms. The van der Waals surface area contributed by atoms with E-state index < -0.39 is 8.32 Å². The van der Waals surface area contributed by atoms with Crippen molar-refractivity contribution in [2.45, 2.75) is 51.4 Å². The Hall–Kier alpha value is -3.61. The number of hydrogen-bond acceptors (Lipinski definition) is 9. The van der Waals surface area contributed by atoms with Crippen LogP contribution in [0.25, 0.3) is 0 Å². The molecule has 45 heavy (non-hydrogen) atoms. The van der Waals surface area contributed by atoms with E-state index in [1.807, 2.05) is 18.2 Å². The first-order valence-corrected chi connectivity index (χ1v) is 17.7. The van der Waals surface area contributed by atoms with E-state index in [2.05, 4.69) is 39.2 Å². The fourth-order valence-corrected chi connectivity index (χ4v) is 5.37. The molecule has 10 nitrogen and oxygen atoms in total. The predicted octanol–water partition coefficient (Wildman–Crippen LogP) is 7.31. The molecule has 3 aromatic carbocycles. The van der Waals surface area contributed by atoms with Gasteiger partial charge >= 0.3 is 0 Å². The Labute approximate surface area is 268 Å². The molecule has 0 heterocycles. The van der Waals surface area contributed by atoms with Crippen LogP contribution < -0.4 is 24.3 Å². The zero-order chi connectivity index (χ0) is 32.9. The molecule has 0 aliphatic heterocycles. The number of hydrogen-bond donors (Lipinski definition) is 1. The lowest BCUT2D eigenvalue weighted by molar-refractivity contribution is 0.0300. The molecule has 0 aliphatic rings. The van der Waals surface area contributed by atoms with Gasteiger partial charge in [0.2, 0.25) is 0 Å². The van der Waals surface area contributed by atoms with Crippen LogP contribution in [0.1, 0.15) is 49.2 Å². The molecule has 0 radical (unpaired) electrons. The van der Waals surface area contributed by atoms with E-state index in [9.17, 15) is 4.79 Å². The van der Waals surface area contributed by atoms with Crippen LogP contribution in [0.15, 0.2) is 66.7 Å². The second kappa shape index (κ2) is 17.2. The Kier molecular flexibility index (Phi) is 13.7. The maximum absolute atomic E-state index is 13.1. The van der Waals surface area contributed by atoms with Crippen LogP contribution in [0.3, 0.4) is 0 Å². The maximum Gasteiger partial charge on any atom is 0.251 e. The Morgan fingerprint density at radius 2 is 1.31 bits per heavy atom. The molecule has 3 aromatic rings. The van der Waals surface area contributed by atoms with E-state index in [1.165, 1.54) is 0 Å². The van der Waals surface area contributed by atoms with Gasteiger partial charge < -0.3 is 42.9 Å². The van der Waals surface area contributed by atoms with Crippen molar-refractivity contribution in [1.82, 2.24) is 5.32 Å². The third-order valence-corrected chi connectivity index (χ3v) is 12.0. The minimum Gasteiger partial charge on any atom is -0.468 e. The monoisotopic (exact) mass is 641 g/mol. The number of amides is 1. The number of carbonyl (C=O) groups is 1. The molecule has 0 aliphatic carbocycles. The van der Waals surface area contributed by atoms with Crippen LogP contribution in [0.2, 0.25) is 18.1 Å². The summed E-state index contributed by atoms with van der Waals surface area (Å²) in [4.78, 5) is 13.1. The zero-order valence-corrected chi connectivity index (χ0v) is 28.6. The number of para-hydroxylation sites is 1. The van der Waals surface area contributed by atoms with Crippen molar-refractivity contribution in [3.05, 3.63) is 77.9 Å². The number of ether oxygens (including phenoxy) is 7. The zero-order valence-electron chi connectivity index (χ0n) is 27.6. The highest BCUT2D eigenvalue weighted by atomic mass is 28.4. The average molecular weight is 642 g/mol. The summed E-state index contributed by atoms with van der Waals surface area (Å²) in [7, 11) is 2.46. The Morgan fingerprint density at radius 3 is 1.91 bits per heavy atom. The quantitative estimate of drug-likeness (QED) is 0.113. The van der Waals surface area contributed by atoms with Crippen molar-refractivity contribution < 1.29 is 42.4 Å². The SMILES string of the molecule is COCOc1ccc(Oc2ccc(C(=O)NCCC(O[Si](C)(C)C(C)(C)C)c3cccc(OCOC)c3OCOC)cc2)cc1. The van der Waals surface area contributed by atoms with E-state index >= 15 is 0 Å². The molecule has 246 valence electrons. The van der Waals surface area contributed by atoms with Gasteiger partial charge in [0.05, 0.1) is 6.10 Å². The maximum atomic E-state index is 13.1. The summed E-state index contributed by atoms with van der Waals surface area (Å²) in [5, 5.41) is 3.01. The molecule has 1 N–H and O–H groups in total. The number of rotatable bonds is 18. The van der Waals surface area contributed by atoms with Gasteiger partial charge in [-0.05, 0) is 79.2 Å². The Morgan fingerprint density at radius 1 is 0.756 bits per heavy atom. The summed E-state index contributed by atoms with van der Waals surface area (Å²) in [6.07, 6.45) is 0.145. The molecule has 0 saturated carbocycles. The summed E-state index contributed by atoms with van der Waals surface area (Å²) < 4.78 is 45.2. The van der Waals surface area contributed by atoms with Gasteiger partial charge in [-0.3, -0.25) is 4.79 Å². The minimum atomic E-state index is -2.23. The van der Waals surface area contributed by atoms with Gasteiger partial charge in [0.25, 0.3) is 5.91 Å². The topological polar surface area (TPSA) is 103 Å². The van der Waals surface area contributed by atoms with E-state index in [4.69, 9.17) is 37.6 Å². The highest BCUT2D eigenvalue weighted by Gasteiger charge is 2.40. The summed E-state index contributed by atoms with van der Waals surface area (Å²) in [5.74, 6) is 2.80. The van der Waals surface area contributed by atoms with Crippen molar-refractivity contribution in [3.8, 4) is 28.7 Å². The summed E-state index contributed by atoms with van der Waals surface area (Å²) in [5.41, 5.74) is 1.34. The molecule has 0 spiro atoms. The molecule has 11 heteroatoms. The lowest BCUT2D eigenvalue weighted by Gasteiger charge is -2.39. The van der Waals surface area contributed by atoms with Crippen LogP contribution in [-0.4, -0.2) is 62.5 Å². The second-order valence-corrected chi connectivity index (χ2v) is 16.6. The van der Waals surface area contributed by atoms with Gasteiger partial charge in [0.1, 0.15) is 17.2 Å². The fraction of sp³-hybridized carbons (Fsp3) is 0.441. The molecule has 3 rings (SSSR count). The lowest BCUT2D eigenvalue weighted by Crippen LogP contribution is -2.42. The van der Waals surface area contributed by atoms with E-state index in [0.717, 1.165) is 5.56 Å². The molecule has 0 saturated heterocycles. The van der Waals surface area contributed by atoms with Crippen molar-refractivity contribution in [2.75, 3.05) is 48.3 Å². The van der Waals surface area contributed by atoms with Gasteiger partial charge in [-0.25, -0.2) is 0 Å². The smallest absolute Gasteiger partial charge is 0.251 e. The van der Waals surface area contributed by atoms with Gasteiger partial charge in [-0.15, -0.1) is 0 Å². The van der Waals surface area contributed by atoms with Gasteiger partial charge in [0, 0.05) is 39.0 Å². The number of benzene rings is 3. The Balaban J connectivity index is 1.71. The fourth-order valence-electron chi connectivity index (χ4n) is 4.07. The highest BCUT2D eigenvalue weighted by molar-refractivity contribution is 6.74. The minimum absolute atomic E-state index is 0.0319. The van der Waals surface area contributed by atoms with Crippen LogP contribution in [0.5, 0.6) is 28.7 Å². The first kappa shape index (κ1) is 35.9. The first-order chi connectivity index (χ1) is 21.5. The van der Waals surface area contributed by atoms with Gasteiger partial charge in [0.15, 0.2) is 40.2 Å². The van der Waals surface area contributed by atoms with Gasteiger partial charge in [-0.1, -0.05) is 32.9 Å².